The topological polar surface area (TPSA) is 79.5 Å². The van der Waals surface area contributed by atoms with Crippen LogP contribution in [0.4, 0.5) is 0 Å². The van der Waals surface area contributed by atoms with Crippen molar-refractivity contribution in [2.75, 3.05) is 19.7 Å². The van der Waals surface area contributed by atoms with Crippen molar-refractivity contribution >= 4 is 17.7 Å². The van der Waals surface area contributed by atoms with Crippen LogP contribution < -0.4 is 0 Å². The second kappa shape index (κ2) is 8.66. The van der Waals surface area contributed by atoms with E-state index in [0.29, 0.717) is 29.1 Å². The van der Waals surface area contributed by atoms with Gasteiger partial charge >= 0.3 is 5.97 Å². The van der Waals surface area contributed by atoms with Gasteiger partial charge < -0.3 is 14.6 Å². The summed E-state index contributed by atoms with van der Waals surface area (Å²) in [5.74, 6) is -0.838. The van der Waals surface area contributed by atoms with Crippen LogP contribution in [0.5, 0.6) is 0 Å². The summed E-state index contributed by atoms with van der Waals surface area (Å²) in [6, 6.07) is 0. The lowest BCUT2D eigenvalue weighted by Gasteiger charge is -2.23. The SMILES string of the molecule is CCCN(CC(=O)c1c(C)[nH]c(C(=O)OCC)c1C)C(=O)C(C)C. The number of aryl methyl sites for hydroxylation is 1. The van der Waals surface area contributed by atoms with E-state index in [2.05, 4.69) is 4.98 Å². The highest BCUT2D eigenvalue weighted by Gasteiger charge is 2.26. The van der Waals surface area contributed by atoms with Crippen molar-refractivity contribution in [1.82, 2.24) is 9.88 Å². The number of aromatic amines is 1. The summed E-state index contributed by atoms with van der Waals surface area (Å²) in [4.78, 5) is 41.5. The summed E-state index contributed by atoms with van der Waals surface area (Å²) in [6.07, 6.45) is 0.783. The quantitative estimate of drug-likeness (QED) is 0.585. The highest BCUT2D eigenvalue weighted by Crippen LogP contribution is 2.20. The molecule has 1 aromatic rings. The number of aromatic nitrogens is 1. The fourth-order valence-corrected chi connectivity index (χ4v) is 2.73. The van der Waals surface area contributed by atoms with Crippen LogP contribution in [0.1, 0.15) is 66.2 Å². The number of hydrogen-bond acceptors (Lipinski definition) is 4. The first kappa shape index (κ1) is 19.9. The number of rotatable bonds is 8. The maximum atomic E-state index is 12.7. The third-order valence-corrected chi connectivity index (χ3v) is 3.83. The van der Waals surface area contributed by atoms with Crippen LogP contribution in [0.25, 0.3) is 0 Å². The third kappa shape index (κ3) is 4.46. The lowest BCUT2D eigenvalue weighted by molar-refractivity contribution is -0.134. The summed E-state index contributed by atoms with van der Waals surface area (Å²) in [5, 5.41) is 0. The second-order valence-corrected chi connectivity index (χ2v) is 6.18. The molecule has 1 N–H and O–H groups in total. The average Bonchev–Trinajstić information content (AvgIpc) is 2.81. The molecule has 1 rings (SSSR count). The Morgan fingerprint density at radius 2 is 1.79 bits per heavy atom. The van der Waals surface area contributed by atoms with E-state index >= 15 is 0 Å². The highest BCUT2D eigenvalue weighted by molar-refractivity contribution is 6.04. The molecule has 1 aromatic heterocycles. The molecule has 0 aliphatic carbocycles. The fraction of sp³-hybridized carbons (Fsp3) is 0.611. The molecule has 0 radical (unpaired) electrons. The molecule has 6 heteroatoms. The molecular formula is C18H28N2O4. The number of nitrogens with one attached hydrogen (secondary N) is 1. The van der Waals surface area contributed by atoms with Crippen LogP contribution in [0.3, 0.4) is 0 Å². The average molecular weight is 336 g/mol. The van der Waals surface area contributed by atoms with E-state index in [1.807, 2.05) is 20.8 Å². The normalized spacial score (nSPS) is 10.8. The van der Waals surface area contributed by atoms with Crippen molar-refractivity contribution in [2.45, 2.75) is 48.0 Å². The Bertz CT molecular complexity index is 617. The number of amides is 1. The number of nitrogens with zero attached hydrogens (tertiary/aromatic N) is 1. The van der Waals surface area contributed by atoms with Gasteiger partial charge in [0.05, 0.1) is 13.2 Å². The maximum absolute atomic E-state index is 12.7. The molecule has 24 heavy (non-hydrogen) atoms. The molecule has 0 aromatic carbocycles. The van der Waals surface area contributed by atoms with Gasteiger partial charge in [0.25, 0.3) is 0 Å². The van der Waals surface area contributed by atoms with Crippen LogP contribution in [0.15, 0.2) is 0 Å². The van der Waals surface area contributed by atoms with E-state index in [0.717, 1.165) is 6.42 Å². The van der Waals surface area contributed by atoms with E-state index in [1.165, 1.54) is 0 Å². The number of hydrogen-bond donors (Lipinski definition) is 1. The number of H-pyrrole nitrogens is 1. The van der Waals surface area contributed by atoms with Gasteiger partial charge in [-0.2, -0.15) is 0 Å². The lowest BCUT2D eigenvalue weighted by atomic mass is 10.0. The molecule has 1 amide bonds. The summed E-state index contributed by atoms with van der Waals surface area (Å²) in [7, 11) is 0. The van der Waals surface area contributed by atoms with Gasteiger partial charge in [-0.05, 0) is 32.8 Å². The van der Waals surface area contributed by atoms with E-state index < -0.39 is 5.97 Å². The van der Waals surface area contributed by atoms with E-state index in [1.54, 1.807) is 25.7 Å². The molecule has 0 aliphatic rings. The minimum Gasteiger partial charge on any atom is -0.461 e. The molecule has 0 saturated heterocycles. The van der Waals surface area contributed by atoms with Crippen molar-refractivity contribution in [1.29, 1.82) is 0 Å². The van der Waals surface area contributed by atoms with Crippen molar-refractivity contribution in [3.8, 4) is 0 Å². The molecule has 1 heterocycles. The van der Waals surface area contributed by atoms with Crippen LogP contribution >= 0.6 is 0 Å². The predicted octanol–water partition coefficient (Wildman–Crippen LogP) is 2.89. The number of esters is 1. The van der Waals surface area contributed by atoms with E-state index in [-0.39, 0.29) is 30.8 Å². The molecule has 6 nitrogen and oxygen atoms in total. The summed E-state index contributed by atoms with van der Waals surface area (Å²) in [6.45, 7) is 11.6. The molecule has 0 unspecified atom stereocenters. The molecule has 0 fully saturated rings. The standard InChI is InChI=1S/C18H28N2O4/c1-7-9-20(17(22)11(3)4)10-14(21)15-12(5)16(19-13(15)6)18(23)24-8-2/h11,19H,7-10H2,1-6H3. The Labute approximate surface area is 143 Å². The van der Waals surface area contributed by atoms with Gasteiger partial charge in [-0.3, -0.25) is 9.59 Å². The van der Waals surface area contributed by atoms with E-state index in [4.69, 9.17) is 4.74 Å². The van der Waals surface area contributed by atoms with Gasteiger partial charge in [0, 0.05) is 23.7 Å². The Balaban J connectivity index is 3.06. The highest BCUT2D eigenvalue weighted by atomic mass is 16.5. The molecule has 0 atom stereocenters. The summed E-state index contributed by atoms with van der Waals surface area (Å²) in [5.41, 5.74) is 1.96. The maximum Gasteiger partial charge on any atom is 0.355 e. The molecule has 0 spiro atoms. The van der Waals surface area contributed by atoms with Crippen LogP contribution in [-0.4, -0.2) is 47.2 Å². The molecule has 134 valence electrons. The Morgan fingerprint density at radius 1 is 1.17 bits per heavy atom. The predicted molar refractivity (Wildman–Crippen MR) is 92.3 cm³/mol. The minimum atomic E-state index is -0.471. The zero-order chi connectivity index (χ0) is 18.4. The van der Waals surface area contributed by atoms with Crippen molar-refractivity contribution in [3.05, 3.63) is 22.5 Å². The first-order valence-electron chi connectivity index (χ1n) is 8.42. The Kier molecular flexibility index (Phi) is 7.19. The zero-order valence-electron chi connectivity index (χ0n) is 15.5. The van der Waals surface area contributed by atoms with Crippen LogP contribution in [-0.2, 0) is 9.53 Å². The number of carbonyl (C=O) groups is 3. The Morgan fingerprint density at radius 3 is 2.29 bits per heavy atom. The number of Topliss-reactive ketones (excluding diaryl/α,β-unsaturated/α-hetero) is 1. The van der Waals surface area contributed by atoms with Gasteiger partial charge in [0.15, 0.2) is 5.78 Å². The first-order valence-corrected chi connectivity index (χ1v) is 8.42. The van der Waals surface area contributed by atoms with Crippen molar-refractivity contribution < 1.29 is 19.1 Å². The van der Waals surface area contributed by atoms with E-state index in [9.17, 15) is 14.4 Å². The van der Waals surface area contributed by atoms with Crippen molar-refractivity contribution in [3.63, 3.8) is 0 Å². The van der Waals surface area contributed by atoms with Crippen molar-refractivity contribution in [2.24, 2.45) is 5.92 Å². The lowest BCUT2D eigenvalue weighted by Crippen LogP contribution is -2.39. The molecular weight excluding hydrogens is 308 g/mol. The van der Waals surface area contributed by atoms with Gasteiger partial charge in [0.2, 0.25) is 5.91 Å². The first-order chi connectivity index (χ1) is 11.2. The van der Waals surface area contributed by atoms with Gasteiger partial charge in [-0.15, -0.1) is 0 Å². The monoisotopic (exact) mass is 336 g/mol. The zero-order valence-corrected chi connectivity index (χ0v) is 15.5. The van der Waals surface area contributed by atoms with Crippen LogP contribution in [0, 0.1) is 19.8 Å². The minimum absolute atomic E-state index is 0.0205. The van der Waals surface area contributed by atoms with Gasteiger partial charge in [-0.25, -0.2) is 4.79 Å². The smallest absolute Gasteiger partial charge is 0.355 e. The van der Waals surface area contributed by atoms with Crippen LogP contribution in [0.2, 0.25) is 0 Å². The van der Waals surface area contributed by atoms with Gasteiger partial charge in [-0.1, -0.05) is 20.8 Å². The summed E-state index contributed by atoms with van der Waals surface area (Å²) >= 11 is 0. The number of ketones is 1. The number of ether oxygens (including phenoxy) is 1. The fourth-order valence-electron chi connectivity index (χ4n) is 2.73. The molecule has 0 aliphatic heterocycles. The largest absolute Gasteiger partial charge is 0.461 e. The number of carbonyl (C=O) groups excluding carboxylic acids is 3. The Hall–Kier alpha value is -2.11. The molecule has 0 saturated carbocycles. The molecule has 0 bridgehead atoms. The third-order valence-electron chi connectivity index (χ3n) is 3.83. The van der Waals surface area contributed by atoms with Gasteiger partial charge in [0.1, 0.15) is 5.69 Å². The summed E-state index contributed by atoms with van der Waals surface area (Å²) < 4.78 is 5.00. The second-order valence-electron chi connectivity index (χ2n) is 6.18.